The van der Waals surface area contributed by atoms with Crippen LogP contribution < -0.4 is 9.47 Å². The van der Waals surface area contributed by atoms with Gasteiger partial charge >= 0.3 is 5.97 Å². The van der Waals surface area contributed by atoms with Gasteiger partial charge in [0, 0.05) is 0 Å². The summed E-state index contributed by atoms with van der Waals surface area (Å²) in [5.41, 5.74) is 3.95. The summed E-state index contributed by atoms with van der Waals surface area (Å²) in [7, 11) is 0. The van der Waals surface area contributed by atoms with E-state index in [0.717, 1.165) is 60.5 Å². The second kappa shape index (κ2) is 16.5. The zero-order valence-electron chi connectivity index (χ0n) is 23.4. The van der Waals surface area contributed by atoms with E-state index < -0.39 is 0 Å². The number of unbranched alkanes of at least 4 members (excludes halogenated alkanes) is 6. The number of carbonyl (C=O) groups is 1. The van der Waals surface area contributed by atoms with Crippen LogP contribution >= 0.6 is 0 Å². The van der Waals surface area contributed by atoms with Crippen LogP contribution in [0, 0.1) is 0 Å². The number of hydrogen-bond acceptors (Lipinski definition) is 4. The SMILES string of the molecule is CCCCCCCCOc1ccc(-c2ccc(COc3ccc(C(=O)OC(C)CCCC)cc3)cc2)cc1. The van der Waals surface area contributed by atoms with E-state index in [1.165, 1.54) is 32.1 Å². The van der Waals surface area contributed by atoms with Crippen LogP contribution in [-0.4, -0.2) is 18.7 Å². The molecule has 0 bridgehead atoms. The Morgan fingerprint density at radius 3 is 1.87 bits per heavy atom. The van der Waals surface area contributed by atoms with Crippen molar-refractivity contribution in [1.29, 1.82) is 0 Å². The van der Waals surface area contributed by atoms with Crippen molar-refractivity contribution in [2.75, 3.05) is 6.61 Å². The zero-order valence-corrected chi connectivity index (χ0v) is 23.4. The highest BCUT2D eigenvalue weighted by Gasteiger charge is 2.12. The van der Waals surface area contributed by atoms with Crippen molar-refractivity contribution in [3.05, 3.63) is 83.9 Å². The highest BCUT2D eigenvalue weighted by molar-refractivity contribution is 5.89. The van der Waals surface area contributed by atoms with Gasteiger partial charge in [0.25, 0.3) is 0 Å². The van der Waals surface area contributed by atoms with Gasteiger partial charge in [0.1, 0.15) is 18.1 Å². The Morgan fingerprint density at radius 2 is 1.21 bits per heavy atom. The number of rotatable bonds is 17. The summed E-state index contributed by atoms with van der Waals surface area (Å²) < 4.78 is 17.3. The van der Waals surface area contributed by atoms with E-state index in [2.05, 4.69) is 62.4 Å². The van der Waals surface area contributed by atoms with Crippen LogP contribution in [0.2, 0.25) is 0 Å². The van der Waals surface area contributed by atoms with Crippen LogP contribution in [0.4, 0.5) is 0 Å². The predicted octanol–water partition coefficient (Wildman–Crippen LogP) is 9.41. The first-order valence-corrected chi connectivity index (χ1v) is 14.3. The molecule has 38 heavy (non-hydrogen) atoms. The number of carbonyl (C=O) groups excluding carboxylic acids is 1. The van der Waals surface area contributed by atoms with Crippen molar-refractivity contribution in [2.24, 2.45) is 0 Å². The minimum atomic E-state index is -0.284. The third-order valence-electron chi connectivity index (χ3n) is 6.68. The molecule has 0 aliphatic heterocycles. The third-order valence-corrected chi connectivity index (χ3v) is 6.68. The second-order valence-corrected chi connectivity index (χ2v) is 10.0. The van der Waals surface area contributed by atoms with E-state index in [1.807, 2.05) is 19.1 Å². The number of esters is 1. The lowest BCUT2D eigenvalue weighted by atomic mass is 10.0. The molecular weight excluding hydrogens is 472 g/mol. The van der Waals surface area contributed by atoms with E-state index in [1.54, 1.807) is 12.1 Å². The Kier molecular flexibility index (Phi) is 12.8. The van der Waals surface area contributed by atoms with Crippen LogP contribution in [0.1, 0.15) is 94.5 Å². The molecule has 0 fully saturated rings. The van der Waals surface area contributed by atoms with Gasteiger partial charge in [-0.25, -0.2) is 4.79 Å². The zero-order chi connectivity index (χ0) is 27.0. The fourth-order valence-electron chi connectivity index (χ4n) is 4.26. The van der Waals surface area contributed by atoms with Gasteiger partial charge in [0.2, 0.25) is 0 Å². The van der Waals surface area contributed by atoms with E-state index in [-0.39, 0.29) is 12.1 Å². The number of hydrogen-bond donors (Lipinski definition) is 0. The van der Waals surface area contributed by atoms with Gasteiger partial charge in [-0.3, -0.25) is 0 Å². The van der Waals surface area contributed by atoms with Gasteiger partial charge < -0.3 is 14.2 Å². The summed E-state index contributed by atoms with van der Waals surface area (Å²) in [6, 6.07) is 23.9. The standard InChI is InChI=1S/C34H44O4/c1-4-6-8-9-10-11-25-36-32-21-17-30(18-22-32)29-15-13-28(14-16-29)26-37-33-23-19-31(20-24-33)34(35)38-27(3)12-7-5-2/h13-24,27H,4-12,25-26H2,1-3H3. The first-order valence-electron chi connectivity index (χ1n) is 14.3. The van der Waals surface area contributed by atoms with Crippen LogP contribution in [0.15, 0.2) is 72.8 Å². The van der Waals surface area contributed by atoms with Crippen molar-refractivity contribution >= 4 is 5.97 Å². The Morgan fingerprint density at radius 1 is 0.658 bits per heavy atom. The monoisotopic (exact) mass is 516 g/mol. The van der Waals surface area contributed by atoms with Crippen molar-refractivity contribution in [2.45, 2.75) is 91.3 Å². The van der Waals surface area contributed by atoms with Crippen molar-refractivity contribution < 1.29 is 19.0 Å². The molecule has 3 aromatic rings. The van der Waals surface area contributed by atoms with E-state index in [9.17, 15) is 4.79 Å². The quantitative estimate of drug-likeness (QED) is 0.132. The largest absolute Gasteiger partial charge is 0.494 e. The van der Waals surface area contributed by atoms with Gasteiger partial charge in [-0.2, -0.15) is 0 Å². The van der Waals surface area contributed by atoms with Crippen LogP contribution in [-0.2, 0) is 11.3 Å². The molecule has 0 radical (unpaired) electrons. The minimum absolute atomic E-state index is 0.0671. The maximum absolute atomic E-state index is 12.3. The van der Waals surface area contributed by atoms with Gasteiger partial charge in [-0.1, -0.05) is 95.2 Å². The summed E-state index contributed by atoms with van der Waals surface area (Å²) in [6.07, 6.45) is 10.6. The number of ether oxygens (including phenoxy) is 3. The van der Waals surface area contributed by atoms with Crippen molar-refractivity contribution in [3.8, 4) is 22.6 Å². The summed E-state index contributed by atoms with van der Waals surface area (Å²) >= 11 is 0. The van der Waals surface area contributed by atoms with Gasteiger partial charge in [-0.05, 0) is 72.9 Å². The molecule has 0 saturated carbocycles. The van der Waals surface area contributed by atoms with E-state index >= 15 is 0 Å². The Balaban J connectivity index is 1.41. The average molecular weight is 517 g/mol. The van der Waals surface area contributed by atoms with E-state index in [4.69, 9.17) is 14.2 Å². The van der Waals surface area contributed by atoms with Gasteiger partial charge in [0.05, 0.1) is 18.3 Å². The molecule has 0 saturated heterocycles. The maximum Gasteiger partial charge on any atom is 0.338 e. The van der Waals surface area contributed by atoms with Crippen LogP contribution in [0.25, 0.3) is 11.1 Å². The maximum atomic E-state index is 12.3. The van der Waals surface area contributed by atoms with E-state index in [0.29, 0.717) is 12.2 Å². The summed E-state index contributed by atoms with van der Waals surface area (Å²) in [4.78, 5) is 12.3. The minimum Gasteiger partial charge on any atom is -0.494 e. The number of benzene rings is 3. The fraction of sp³-hybridized carbons (Fsp3) is 0.441. The molecule has 0 spiro atoms. The molecule has 4 heteroatoms. The van der Waals surface area contributed by atoms with Crippen LogP contribution in [0.5, 0.6) is 11.5 Å². The molecule has 1 atom stereocenters. The fourth-order valence-corrected chi connectivity index (χ4v) is 4.26. The summed E-state index contributed by atoms with van der Waals surface area (Å²) in [5, 5.41) is 0. The normalized spacial score (nSPS) is 11.7. The lowest BCUT2D eigenvalue weighted by molar-refractivity contribution is 0.0320. The van der Waals surface area contributed by atoms with Crippen LogP contribution in [0.3, 0.4) is 0 Å². The molecule has 3 rings (SSSR count). The highest BCUT2D eigenvalue weighted by Crippen LogP contribution is 2.24. The smallest absolute Gasteiger partial charge is 0.338 e. The lowest BCUT2D eigenvalue weighted by Gasteiger charge is -2.13. The molecule has 0 heterocycles. The molecule has 4 nitrogen and oxygen atoms in total. The molecule has 0 aromatic heterocycles. The lowest BCUT2D eigenvalue weighted by Crippen LogP contribution is -2.14. The van der Waals surface area contributed by atoms with Gasteiger partial charge in [-0.15, -0.1) is 0 Å². The first-order chi connectivity index (χ1) is 18.6. The molecular formula is C34H44O4. The molecule has 204 valence electrons. The summed E-state index contributed by atoms with van der Waals surface area (Å²) in [6.45, 7) is 7.56. The Labute approximate surface area is 229 Å². The molecule has 1 unspecified atom stereocenters. The average Bonchev–Trinajstić information content (AvgIpc) is 2.95. The Hall–Kier alpha value is -3.27. The Bertz CT molecular complexity index is 1060. The molecule has 3 aromatic carbocycles. The first kappa shape index (κ1) is 29.3. The highest BCUT2D eigenvalue weighted by atomic mass is 16.5. The van der Waals surface area contributed by atoms with Crippen molar-refractivity contribution in [1.82, 2.24) is 0 Å². The molecule has 0 amide bonds. The van der Waals surface area contributed by atoms with Gasteiger partial charge in [0.15, 0.2) is 0 Å². The molecule has 0 aliphatic carbocycles. The second-order valence-electron chi connectivity index (χ2n) is 10.0. The molecule has 0 aliphatic rings. The predicted molar refractivity (Wildman–Crippen MR) is 156 cm³/mol. The third kappa shape index (κ3) is 10.2. The topological polar surface area (TPSA) is 44.8 Å². The molecule has 0 N–H and O–H groups in total. The van der Waals surface area contributed by atoms with Crippen molar-refractivity contribution in [3.63, 3.8) is 0 Å². The summed E-state index contributed by atoms with van der Waals surface area (Å²) in [5.74, 6) is 1.37.